The predicted molar refractivity (Wildman–Crippen MR) is 88.0 cm³/mol. The number of carbonyl (C=O) groups excluding carboxylic acids is 1. The molecule has 0 saturated carbocycles. The first-order valence-corrected chi connectivity index (χ1v) is 7.44. The lowest BCUT2D eigenvalue weighted by Gasteiger charge is -2.36. The van der Waals surface area contributed by atoms with Crippen LogP contribution in [0.5, 0.6) is 0 Å². The van der Waals surface area contributed by atoms with Gasteiger partial charge in [-0.15, -0.1) is 12.4 Å². The SMILES string of the molecule is CCn1ccnc1N1CCN(C(=O)CC(C)(C)C)CC1.Cl. The highest BCUT2D eigenvalue weighted by atomic mass is 35.5. The molecule has 120 valence electrons. The topological polar surface area (TPSA) is 41.4 Å². The molecule has 5 nitrogen and oxygen atoms in total. The fourth-order valence-electron chi connectivity index (χ4n) is 2.55. The molecule has 0 bridgehead atoms. The van der Waals surface area contributed by atoms with Gasteiger partial charge in [0.15, 0.2) is 0 Å². The van der Waals surface area contributed by atoms with Crippen LogP contribution in [0.2, 0.25) is 0 Å². The van der Waals surface area contributed by atoms with Crippen molar-refractivity contribution in [2.75, 3.05) is 31.1 Å². The molecule has 6 heteroatoms. The molecule has 1 aliphatic heterocycles. The lowest BCUT2D eigenvalue weighted by atomic mass is 9.91. The molecule has 1 fully saturated rings. The molecule has 0 aromatic carbocycles. The Morgan fingerprint density at radius 3 is 2.38 bits per heavy atom. The van der Waals surface area contributed by atoms with Crippen LogP contribution in [0.1, 0.15) is 34.1 Å². The van der Waals surface area contributed by atoms with Crippen LogP contribution in [0.15, 0.2) is 12.4 Å². The molecule has 1 amide bonds. The minimum Gasteiger partial charge on any atom is -0.339 e. The van der Waals surface area contributed by atoms with Gasteiger partial charge in [-0.3, -0.25) is 4.79 Å². The average molecular weight is 315 g/mol. The molecule has 0 unspecified atom stereocenters. The van der Waals surface area contributed by atoms with Crippen molar-refractivity contribution in [3.05, 3.63) is 12.4 Å². The molecule has 1 aromatic heterocycles. The Labute approximate surface area is 133 Å². The minimum atomic E-state index is 0. The van der Waals surface area contributed by atoms with Gasteiger partial charge in [0, 0.05) is 51.5 Å². The Balaban J connectivity index is 0.00000220. The fourth-order valence-corrected chi connectivity index (χ4v) is 2.55. The first kappa shape index (κ1) is 17.8. The van der Waals surface area contributed by atoms with Crippen molar-refractivity contribution < 1.29 is 4.79 Å². The molecular weight excluding hydrogens is 288 g/mol. The number of amides is 1. The van der Waals surface area contributed by atoms with E-state index in [0.717, 1.165) is 38.7 Å². The molecule has 2 heterocycles. The van der Waals surface area contributed by atoms with Crippen molar-refractivity contribution in [3.63, 3.8) is 0 Å². The molecule has 21 heavy (non-hydrogen) atoms. The zero-order chi connectivity index (χ0) is 14.8. The Morgan fingerprint density at radius 1 is 1.24 bits per heavy atom. The second kappa shape index (κ2) is 7.16. The summed E-state index contributed by atoms with van der Waals surface area (Å²) in [6.07, 6.45) is 4.47. The van der Waals surface area contributed by atoms with Gasteiger partial charge in [0.1, 0.15) is 0 Å². The van der Waals surface area contributed by atoms with Gasteiger partial charge in [0.05, 0.1) is 0 Å². The van der Waals surface area contributed by atoms with Crippen LogP contribution in [-0.2, 0) is 11.3 Å². The standard InChI is InChI=1S/C15H26N4O.ClH/c1-5-17-7-6-16-14(17)19-10-8-18(9-11-19)13(20)12-15(2,3)4;/h6-7H,5,8-12H2,1-4H3;1H. The first-order valence-electron chi connectivity index (χ1n) is 7.44. The number of hydrogen-bond donors (Lipinski definition) is 0. The predicted octanol–water partition coefficient (Wildman–Crippen LogP) is 2.41. The maximum absolute atomic E-state index is 12.2. The lowest BCUT2D eigenvalue weighted by Crippen LogP contribution is -2.50. The van der Waals surface area contributed by atoms with Gasteiger partial charge in [0.2, 0.25) is 11.9 Å². The summed E-state index contributed by atoms with van der Waals surface area (Å²) in [6.45, 7) is 12.7. The molecule has 2 rings (SSSR count). The third kappa shape index (κ3) is 4.63. The number of imidazole rings is 1. The lowest BCUT2D eigenvalue weighted by molar-refractivity contribution is -0.133. The van der Waals surface area contributed by atoms with Gasteiger partial charge < -0.3 is 14.4 Å². The Morgan fingerprint density at radius 2 is 1.86 bits per heavy atom. The summed E-state index contributed by atoms with van der Waals surface area (Å²) in [7, 11) is 0. The maximum Gasteiger partial charge on any atom is 0.223 e. The van der Waals surface area contributed by atoms with E-state index >= 15 is 0 Å². The summed E-state index contributed by atoms with van der Waals surface area (Å²) in [5.74, 6) is 1.30. The summed E-state index contributed by atoms with van der Waals surface area (Å²) in [5.41, 5.74) is 0.0622. The van der Waals surface area contributed by atoms with Crippen molar-refractivity contribution in [1.29, 1.82) is 0 Å². The van der Waals surface area contributed by atoms with E-state index in [4.69, 9.17) is 0 Å². The molecular formula is C15H27ClN4O. The number of anilines is 1. The highest BCUT2D eigenvalue weighted by molar-refractivity contribution is 5.85. The Hall–Kier alpha value is -1.23. The van der Waals surface area contributed by atoms with E-state index < -0.39 is 0 Å². The molecule has 0 atom stereocenters. The summed E-state index contributed by atoms with van der Waals surface area (Å²) in [6, 6.07) is 0. The number of aryl methyl sites for hydroxylation is 1. The van der Waals surface area contributed by atoms with Crippen molar-refractivity contribution in [2.45, 2.75) is 40.7 Å². The number of nitrogens with zero attached hydrogens (tertiary/aromatic N) is 4. The quantitative estimate of drug-likeness (QED) is 0.860. The van der Waals surface area contributed by atoms with Crippen LogP contribution in [-0.4, -0.2) is 46.5 Å². The normalized spacial score (nSPS) is 15.8. The number of rotatable bonds is 3. The fraction of sp³-hybridized carbons (Fsp3) is 0.733. The van der Waals surface area contributed by atoms with Crippen LogP contribution in [0.3, 0.4) is 0 Å². The molecule has 0 N–H and O–H groups in total. The first-order chi connectivity index (χ1) is 9.40. The van der Waals surface area contributed by atoms with Crippen molar-refractivity contribution >= 4 is 24.3 Å². The van der Waals surface area contributed by atoms with Crippen molar-refractivity contribution in [1.82, 2.24) is 14.5 Å². The van der Waals surface area contributed by atoms with Gasteiger partial charge in [-0.1, -0.05) is 20.8 Å². The molecule has 0 spiro atoms. The monoisotopic (exact) mass is 314 g/mol. The minimum absolute atomic E-state index is 0. The highest BCUT2D eigenvalue weighted by Crippen LogP contribution is 2.21. The van der Waals surface area contributed by atoms with Gasteiger partial charge in [-0.2, -0.15) is 0 Å². The Bertz CT molecular complexity index is 458. The van der Waals surface area contributed by atoms with E-state index in [0.29, 0.717) is 6.42 Å². The summed E-state index contributed by atoms with van der Waals surface area (Å²) in [5, 5.41) is 0. The third-order valence-electron chi connectivity index (χ3n) is 3.63. The van der Waals surface area contributed by atoms with E-state index in [1.54, 1.807) is 0 Å². The maximum atomic E-state index is 12.2. The number of halogens is 1. The second-order valence-corrected chi connectivity index (χ2v) is 6.62. The van der Waals surface area contributed by atoms with E-state index in [-0.39, 0.29) is 23.7 Å². The molecule has 1 aliphatic rings. The zero-order valence-corrected chi connectivity index (χ0v) is 14.3. The number of carbonyl (C=O) groups is 1. The third-order valence-corrected chi connectivity index (χ3v) is 3.63. The molecule has 1 saturated heterocycles. The van der Waals surface area contributed by atoms with Crippen LogP contribution >= 0.6 is 12.4 Å². The number of aromatic nitrogens is 2. The van der Waals surface area contributed by atoms with Crippen LogP contribution in [0.25, 0.3) is 0 Å². The molecule has 0 aliphatic carbocycles. The van der Waals surface area contributed by atoms with E-state index in [1.165, 1.54) is 0 Å². The van der Waals surface area contributed by atoms with E-state index in [9.17, 15) is 4.79 Å². The van der Waals surface area contributed by atoms with Gasteiger partial charge in [0.25, 0.3) is 0 Å². The number of piperazine rings is 1. The van der Waals surface area contributed by atoms with Gasteiger partial charge in [-0.25, -0.2) is 4.98 Å². The largest absolute Gasteiger partial charge is 0.339 e. The average Bonchev–Trinajstić information content (AvgIpc) is 2.85. The molecule has 1 aromatic rings. The zero-order valence-electron chi connectivity index (χ0n) is 13.5. The van der Waals surface area contributed by atoms with Crippen molar-refractivity contribution in [3.8, 4) is 0 Å². The summed E-state index contributed by atoms with van der Waals surface area (Å²) >= 11 is 0. The summed E-state index contributed by atoms with van der Waals surface area (Å²) < 4.78 is 2.15. The summed E-state index contributed by atoms with van der Waals surface area (Å²) in [4.78, 5) is 20.9. The van der Waals surface area contributed by atoms with Crippen LogP contribution in [0.4, 0.5) is 5.95 Å². The Kier molecular flexibility index (Phi) is 6.08. The number of hydrogen-bond acceptors (Lipinski definition) is 3. The molecule has 0 radical (unpaired) electrons. The smallest absolute Gasteiger partial charge is 0.223 e. The van der Waals surface area contributed by atoms with Crippen LogP contribution in [0, 0.1) is 5.41 Å². The van der Waals surface area contributed by atoms with Gasteiger partial charge >= 0.3 is 0 Å². The van der Waals surface area contributed by atoms with E-state index in [1.807, 2.05) is 17.3 Å². The van der Waals surface area contributed by atoms with Gasteiger partial charge in [-0.05, 0) is 12.3 Å². The van der Waals surface area contributed by atoms with E-state index in [2.05, 4.69) is 42.1 Å². The highest BCUT2D eigenvalue weighted by Gasteiger charge is 2.26. The van der Waals surface area contributed by atoms with Crippen molar-refractivity contribution in [2.24, 2.45) is 5.41 Å². The second-order valence-electron chi connectivity index (χ2n) is 6.62. The van der Waals surface area contributed by atoms with Crippen LogP contribution < -0.4 is 4.90 Å².